The van der Waals surface area contributed by atoms with Crippen LogP contribution in [0.1, 0.15) is 47.3 Å². The Bertz CT molecular complexity index is 473. The highest BCUT2D eigenvalue weighted by atomic mass is 16.5. The van der Waals surface area contributed by atoms with Crippen LogP contribution in [0.5, 0.6) is 0 Å². The Kier molecular flexibility index (Phi) is 2.74. The van der Waals surface area contributed by atoms with Crippen LogP contribution in [0.4, 0.5) is 5.82 Å². The quantitative estimate of drug-likeness (QED) is 0.813. The molecule has 0 aromatic carbocycles. The average Bonchev–Trinajstić information content (AvgIpc) is 2.96. The Morgan fingerprint density at radius 1 is 1.50 bits per heavy atom. The van der Waals surface area contributed by atoms with Crippen LogP contribution in [0.15, 0.2) is 0 Å². The van der Waals surface area contributed by atoms with Gasteiger partial charge in [-0.15, -0.1) is 0 Å². The van der Waals surface area contributed by atoms with Gasteiger partial charge in [0.05, 0.1) is 19.8 Å². The highest BCUT2D eigenvalue weighted by Gasteiger charge is 2.35. The Morgan fingerprint density at radius 3 is 2.83 bits per heavy atom. The van der Waals surface area contributed by atoms with Gasteiger partial charge < -0.3 is 15.2 Å². The largest absolute Gasteiger partial charge is 0.464 e. The number of aromatic nitrogens is 2. The van der Waals surface area contributed by atoms with E-state index in [9.17, 15) is 4.79 Å². The number of carbonyl (C=O) groups is 1. The summed E-state index contributed by atoms with van der Waals surface area (Å²) in [6.45, 7) is 1.31. The first kappa shape index (κ1) is 11.5. The fraction of sp³-hybridized carbons (Fsp3) is 0.667. The molecule has 2 aliphatic rings. The SMILES string of the molecule is COC(=O)c1nn(C2CC2)c(N)c1C1CCOC1. The van der Waals surface area contributed by atoms with Crippen LogP contribution in [0.2, 0.25) is 0 Å². The number of nitrogens with two attached hydrogens (primary N) is 1. The summed E-state index contributed by atoms with van der Waals surface area (Å²) in [6, 6.07) is 0.351. The molecule has 0 bridgehead atoms. The van der Waals surface area contributed by atoms with E-state index in [0.29, 0.717) is 30.8 Å². The van der Waals surface area contributed by atoms with Crippen molar-refractivity contribution in [2.24, 2.45) is 0 Å². The molecular weight excluding hydrogens is 234 g/mol. The van der Waals surface area contributed by atoms with Crippen molar-refractivity contribution >= 4 is 11.8 Å². The number of hydrogen-bond donors (Lipinski definition) is 1. The molecule has 6 heteroatoms. The maximum atomic E-state index is 11.8. The van der Waals surface area contributed by atoms with E-state index < -0.39 is 5.97 Å². The smallest absolute Gasteiger partial charge is 0.358 e. The van der Waals surface area contributed by atoms with Gasteiger partial charge in [-0.2, -0.15) is 5.10 Å². The van der Waals surface area contributed by atoms with Crippen molar-refractivity contribution in [2.75, 3.05) is 26.1 Å². The van der Waals surface area contributed by atoms with E-state index in [1.165, 1.54) is 7.11 Å². The number of hydrogen-bond acceptors (Lipinski definition) is 5. The van der Waals surface area contributed by atoms with E-state index >= 15 is 0 Å². The van der Waals surface area contributed by atoms with Crippen molar-refractivity contribution in [3.05, 3.63) is 11.3 Å². The van der Waals surface area contributed by atoms with E-state index in [1.54, 1.807) is 4.68 Å². The fourth-order valence-electron chi connectivity index (χ4n) is 2.47. The van der Waals surface area contributed by atoms with Crippen LogP contribution in [0.25, 0.3) is 0 Å². The second-order valence-corrected chi connectivity index (χ2v) is 4.88. The zero-order valence-corrected chi connectivity index (χ0v) is 10.4. The predicted molar refractivity (Wildman–Crippen MR) is 64.4 cm³/mol. The Balaban J connectivity index is 2.04. The summed E-state index contributed by atoms with van der Waals surface area (Å²) in [4.78, 5) is 11.8. The highest BCUT2D eigenvalue weighted by Crippen LogP contribution is 2.40. The lowest BCUT2D eigenvalue weighted by Gasteiger charge is -2.08. The number of nitrogens with zero attached hydrogens (tertiary/aromatic N) is 2. The molecule has 3 rings (SSSR count). The Labute approximate surface area is 105 Å². The molecule has 2 fully saturated rings. The van der Waals surface area contributed by atoms with Crippen LogP contribution in [0, 0.1) is 0 Å². The van der Waals surface area contributed by atoms with Gasteiger partial charge in [-0.3, -0.25) is 0 Å². The molecule has 1 aliphatic heterocycles. The molecule has 1 saturated heterocycles. The summed E-state index contributed by atoms with van der Waals surface area (Å²) in [5.74, 6) is 0.350. The molecule has 1 unspecified atom stereocenters. The fourth-order valence-corrected chi connectivity index (χ4v) is 2.47. The van der Waals surface area contributed by atoms with Gasteiger partial charge in [0.1, 0.15) is 5.82 Å². The third-order valence-corrected chi connectivity index (χ3v) is 3.60. The molecule has 18 heavy (non-hydrogen) atoms. The lowest BCUT2D eigenvalue weighted by Crippen LogP contribution is -2.09. The van der Waals surface area contributed by atoms with Gasteiger partial charge in [-0.05, 0) is 19.3 Å². The summed E-state index contributed by atoms with van der Waals surface area (Å²) in [5, 5.41) is 4.35. The van der Waals surface area contributed by atoms with Crippen molar-refractivity contribution in [1.82, 2.24) is 9.78 Å². The topological polar surface area (TPSA) is 79.4 Å². The Morgan fingerprint density at radius 2 is 2.28 bits per heavy atom. The molecule has 1 aliphatic carbocycles. The first-order valence-electron chi connectivity index (χ1n) is 6.26. The standard InChI is InChI=1S/C12H17N3O3/c1-17-12(16)10-9(7-4-5-18-6-7)11(13)15(14-10)8-2-3-8/h7-8H,2-6,13H2,1H3. The first-order chi connectivity index (χ1) is 8.72. The van der Waals surface area contributed by atoms with E-state index in [2.05, 4.69) is 5.10 Å². The zero-order chi connectivity index (χ0) is 12.7. The summed E-state index contributed by atoms with van der Waals surface area (Å²) < 4.78 is 11.9. The van der Waals surface area contributed by atoms with Gasteiger partial charge in [0, 0.05) is 18.1 Å². The van der Waals surface area contributed by atoms with Crippen molar-refractivity contribution < 1.29 is 14.3 Å². The second-order valence-electron chi connectivity index (χ2n) is 4.88. The minimum atomic E-state index is -0.414. The third-order valence-electron chi connectivity index (χ3n) is 3.60. The van der Waals surface area contributed by atoms with E-state index in [4.69, 9.17) is 15.2 Å². The number of nitrogen functional groups attached to an aromatic ring is 1. The van der Waals surface area contributed by atoms with Crippen LogP contribution in [-0.4, -0.2) is 36.1 Å². The van der Waals surface area contributed by atoms with Crippen LogP contribution in [0.3, 0.4) is 0 Å². The molecule has 1 aromatic rings. The first-order valence-corrected chi connectivity index (χ1v) is 6.26. The predicted octanol–water partition coefficient (Wildman–Crippen LogP) is 1.09. The average molecular weight is 251 g/mol. The normalized spacial score (nSPS) is 23.3. The molecule has 6 nitrogen and oxygen atoms in total. The van der Waals surface area contributed by atoms with E-state index in [-0.39, 0.29) is 5.92 Å². The number of rotatable bonds is 3. The van der Waals surface area contributed by atoms with Gasteiger partial charge in [-0.25, -0.2) is 9.48 Å². The molecule has 0 amide bonds. The number of esters is 1. The number of anilines is 1. The summed E-state index contributed by atoms with van der Waals surface area (Å²) in [5.41, 5.74) is 7.32. The lowest BCUT2D eigenvalue weighted by molar-refractivity contribution is 0.0591. The van der Waals surface area contributed by atoms with Crippen LogP contribution < -0.4 is 5.73 Å². The maximum absolute atomic E-state index is 11.8. The molecule has 2 heterocycles. The lowest BCUT2D eigenvalue weighted by atomic mass is 9.98. The molecule has 2 N–H and O–H groups in total. The maximum Gasteiger partial charge on any atom is 0.358 e. The molecule has 1 saturated carbocycles. The number of carbonyl (C=O) groups excluding carboxylic acids is 1. The Hall–Kier alpha value is -1.56. The number of ether oxygens (including phenoxy) is 2. The molecule has 0 spiro atoms. The third kappa shape index (κ3) is 1.77. The summed E-state index contributed by atoms with van der Waals surface area (Å²) in [6.07, 6.45) is 3.03. The summed E-state index contributed by atoms with van der Waals surface area (Å²) >= 11 is 0. The highest BCUT2D eigenvalue weighted by molar-refractivity contribution is 5.90. The molecule has 1 atom stereocenters. The van der Waals surface area contributed by atoms with Gasteiger partial charge in [0.15, 0.2) is 5.69 Å². The molecule has 98 valence electrons. The second kappa shape index (κ2) is 4.28. The van der Waals surface area contributed by atoms with E-state index in [1.807, 2.05) is 0 Å². The molecule has 0 radical (unpaired) electrons. The van der Waals surface area contributed by atoms with Crippen LogP contribution in [-0.2, 0) is 9.47 Å². The van der Waals surface area contributed by atoms with Crippen molar-refractivity contribution in [2.45, 2.75) is 31.2 Å². The minimum absolute atomic E-state index is 0.159. The van der Waals surface area contributed by atoms with Gasteiger partial charge in [-0.1, -0.05) is 0 Å². The van der Waals surface area contributed by atoms with Crippen molar-refractivity contribution in [1.29, 1.82) is 0 Å². The summed E-state index contributed by atoms with van der Waals surface area (Å²) in [7, 11) is 1.36. The molecule has 1 aromatic heterocycles. The van der Waals surface area contributed by atoms with E-state index in [0.717, 1.165) is 24.8 Å². The van der Waals surface area contributed by atoms with Crippen LogP contribution >= 0.6 is 0 Å². The monoisotopic (exact) mass is 251 g/mol. The zero-order valence-electron chi connectivity index (χ0n) is 10.4. The van der Waals surface area contributed by atoms with Crippen molar-refractivity contribution in [3.8, 4) is 0 Å². The minimum Gasteiger partial charge on any atom is -0.464 e. The van der Waals surface area contributed by atoms with Gasteiger partial charge >= 0.3 is 5.97 Å². The molecular formula is C12H17N3O3. The number of methoxy groups -OCH3 is 1. The van der Waals surface area contributed by atoms with Gasteiger partial charge in [0.25, 0.3) is 0 Å². The van der Waals surface area contributed by atoms with Crippen molar-refractivity contribution in [3.63, 3.8) is 0 Å². The van der Waals surface area contributed by atoms with Gasteiger partial charge in [0.2, 0.25) is 0 Å².